The van der Waals surface area contributed by atoms with Crippen molar-refractivity contribution in [3.8, 4) is 0 Å². The highest BCUT2D eigenvalue weighted by atomic mass is 16.1. The minimum atomic E-state index is -0.138. The lowest BCUT2D eigenvalue weighted by Gasteiger charge is -2.13. The summed E-state index contributed by atoms with van der Waals surface area (Å²) < 4.78 is 0. The molecule has 22 heavy (non-hydrogen) atoms. The molecular formula is C16H21N5O. The lowest BCUT2D eigenvalue weighted by molar-refractivity contribution is 0.0950. The number of nitrogens with zero attached hydrogens (tertiary/aromatic N) is 4. The summed E-state index contributed by atoms with van der Waals surface area (Å²) in [5, 5.41) is 2.89. The Kier molecular flexibility index (Phi) is 4.93. The van der Waals surface area contributed by atoms with E-state index in [0.29, 0.717) is 12.1 Å². The monoisotopic (exact) mass is 299 g/mol. The summed E-state index contributed by atoms with van der Waals surface area (Å²) in [5.41, 5.74) is 1.55. The largest absolute Gasteiger partial charge is 0.363 e. The third-order valence-electron chi connectivity index (χ3n) is 3.19. The van der Waals surface area contributed by atoms with E-state index in [9.17, 15) is 4.79 Å². The Morgan fingerprint density at radius 2 is 1.77 bits per heavy atom. The van der Waals surface area contributed by atoms with Crippen molar-refractivity contribution >= 4 is 17.5 Å². The number of nitrogens with one attached hydrogen (secondary N) is 1. The number of hydrogen-bond acceptors (Lipinski definition) is 5. The number of hydrogen-bond donors (Lipinski definition) is 1. The van der Waals surface area contributed by atoms with Gasteiger partial charge in [0, 0.05) is 47.1 Å². The van der Waals surface area contributed by atoms with Crippen molar-refractivity contribution in [2.45, 2.75) is 6.54 Å². The molecule has 0 spiro atoms. The van der Waals surface area contributed by atoms with E-state index in [0.717, 1.165) is 17.2 Å². The quantitative estimate of drug-likeness (QED) is 0.907. The molecule has 6 nitrogen and oxygen atoms in total. The average molecular weight is 299 g/mol. The molecule has 6 heteroatoms. The minimum Gasteiger partial charge on any atom is -0.363 e. The van der Waals surface area contributed by atoms with Crippen LogP contribution in [0.1, 0.15) is 15.9 Å². The molecule has 0 fully saturated rings. The van der Waals surface area contributed by atoms with Gasteiger partial charge in [0.25, 0.3) is 5.91 Å². The van der Waals surface area contributed by atoms with Crippen molar-refractivity contribution in [3.63, 3.8) is 0 Å². The number of amides is 1. The van der Waals surface area contributed by atoms with Gasteiger partial charge in [0.2, 0.25) is 0 Å². The zero-order valence-electron chi connectivity index (χ0n) is 13.4. The second-order valence-corrected chi connectivity index (χ2v) is 5.40. The molecule has 1 amide bonds. The van der Waals surface area contributed by atoms with E-state index >= 15 is 0 Å². The van der Waals surface area contributed by atoms with Gasteiger partial charge in [-0.15, -0.1) is 0 Å². The fraction of sp³-hybridized carbons (Fsp3) is 0.312. The summed E-state index contributed by atoms with van der Waals surface area (Å²) in [7, 11) is 7.69. The topological polar surface area (TPSA) is 61.4 Å². The molecule has 0 aliphatic carbocycles. The van der Waals surface area contributed by atoms with Gasteiger partial charge < -0.3 is 15.1 Å². The Bertz CT molecular complexity index is 637. The number of carbonyl (C=O) groups excluding carboxylic acids is 1. The molecule has 0 aromatic carbocycles. The van der Waals surface area contributed by atoms with Gasteiger partial charge in [0.05, 0.1) is 5.56 Å². The van der Waals surface area contributed by atoms with Crippen molar-refractivity contribution in [2.75, 3.05) is 38.0 Å². The second kappa shape index (κ2) is 6.89. The highest BCUT2D eigenvalue weighted by Gasteiger charge is 2.07. The van der Waals surface area contributed by atoms with Crippen molar-refractivity contribution in [1.82, 2.24) is 15.3 Å². The molecule has 116 valence electrons. The third kappa shape index (κ3) is 3.94. The molecule has 0 unspecified atom stereocenters. The van der Waals surface area contributed by atoms with Gasteiger partial charge in [-0.25, -0.2) is 9.97 Å². The Morgan fingerprint density at radius 1 is 1.05 bits per heavy atom. The van der Waals surface area contributed by atoms with E-state index in [2.05, 4.69) is 15.3 Å². The van der Waals surface area contributed by atoms with E-state index in [1.54, 1.807) is 18.5 Å². The third-order valence-corrected chi connectivity index (χ3v) is 3.19. The molecule has 1 N–H and O–H groups in total. The molecular weight excluding hydrogens is 278 g/mol. The lowest BCUT2D eigenvalue weighted by atomic mass is 10.2. The molecule has 2 aromatic heterocycles. The van der Waals surface area contributed by atoms with Crippen LogP contribution < -0.4 is 15.1 Å². The molecule has 0 aliphatic heterocycles. The molecule has 2 heterocycles. The van der Waals surface area contributed by atoms with Crippen LogP contribution in [0.3, 0.4) is 0 Å². The molecule has 0 atom stereocenters. The van der Waals surface area contributed by atoms with Gasteiger partial charge >= 0.3 is 0 Å². The van der Waals surface area contributed by atoms with Crippen LogP contribution in [0.4, 0.5) is 11.6 Å². The molecule has 2 aromatic rings. The van der Waals surface area contributed by atoms with Crippen LogP contribution in [-0.2, 0) is 6.54 Å². The van der Waals surface area contributed by atoms with Crippen molar-refractivity contribution in [1.29, 1.82) is 0 Å². The first-order chi connectivity index (χ1) is 10.5. The van der Waals surface area contributed by atoms with E-state index in [1.807, 2.05) is 56.2 Å². The number of pyridine rings is 2. The number of aromatic nitrogens is 2. The smallest absolute Gasteiger partial charge is 0.253 e. The lowest BCUT2D eigenvalue weighted by Crippen LogP contribution is -2.23. The van der Waals surface area contributed by atoms with Crippen LogP contribution in [0.5, 0.6) is 0 Å². The molecule has 0 radical (unpaired) electrons. The molecule has 0 aliphatic rings. The predicted molar refractivity (Wildman–Crippen MR) is 88.3 cm³/mol. The van der Waals surface area contributed by atoms with Crippen LogP contribution in [0, 0.1) is 0 Å². The van der Waals surface area contributed by atoms with Gasteiger partial charge in [0.15, 0.2) is 0 Å². The van der Waals surface area contributed by atoms with Crippen LogP contribution in [0.2, 0.25) is 0 Å². The van der Waals surface area contributed by atoms with Crippen LogP contribution >= 0.6 is 0 Å². The summed E-state index contributed by atoms with van der Waals surface area (Å²) in [6, 6.07) is 7.44. The first-order valence-corrected chi connectivity index (χ1v) is 7.01. The standard InChI is InChI=1S/C16H21N5O/c1-20(2)14-6-5-13(11-18-14)16(22)19-10-12-7-8-17-15(9-12)21(3)4/h5-9,11H,10H2,1-4H3,(H,19,22). The summed E-state index contributed by atoms with van der Waals surface area (Å²) in [4.78, 5) is 24.4. The normalized spacial score (nSPS) is 10.2. The molecule has 0 bridgehead atoms. The summed E-state index contributed by atoms with van der Waals surface area (Å²) in [6.07, 6.45) is 3.33. The number of carbonyl (C=O) groups is 1. The maximum absolute atomic E-state index is 12.1. The summed E-state index contributed by atoms with van der Waals surface area (Å²) >= 11 is 0. The summed E-state index contributed by atoms with van der Waals surface area (Å²) in [5.74, 6) is 1.55. The summed E-state index contributed by atoms with van der Waals surface area (Å²) in [6.45, 7) is 0.456. The van der Waals surface area contributed by atoms with Crippen LogP contribution in [0.15, 0.2) is 36.7 Å². The Hall–Kier alpha value is -2.63. The fourth-order valence-electron chi connectivity index (χ4n) is 1.88. The highest BCUT2D eigenvalue weighted by Crippen LogP contribution is 2.10. The second-order valence-electron chi connectivity index (χ2n) is 5.40. The average Bonchev–Trinajstić information content (AvgIpc) is 2.53. The minimum absolute atomic E-state index is 0.138. The van der Waals surface area contributed by atoms with Gasteiger partial charge in [-0.3, -0.25) is 4.79 Å². The van der Waals surface area contributed by atoms with Gasteiger partial charge in [0.1, 0.15) is 11.6 Å². The Labute approximate surface area is 130 Å². The zero-order valence-corrected chi connectivity index (χ0v) is 13.4. The molecule has 0 saturated carbocycles. The van der Waals surface area contributed by atoms with Crippen LogP contribution in [0.25, 0.3) is 0 Å². The Balaban J connectivity index is 1.99. The van der Waals surface area contributed by atoms with Crippen molar-refractivity contribution in [2.24, 2.45) is 0 Å². The van der Waals surface area contributed by atoms with Gasteiger partial charge in [-0.2, -0.15) is 0 Å². The van der Waals surface area contributed by atoms with Crippen molar-refractivity contribution < 1.29 is 4.79 Å². The predicted octanol–water partition coefficient (Wildman–Crippen LogP) is 1.54. The van der Waals surface area contributed by atoms with E-state index < -0.39 is 0 Å². The van der Waals surface area contributed by atoms with Crippen LogP contribution in [-0.4, -0.2) is 44.1 Å². The van der Waals surface area contributed by atoms with Gasteiger partial charge in [-0.1, -0.05) is 0 Å². The van der Waals surface area contributed by atoms with E-state index in [1.165, 1.54) is 0 Å². The number of anilines is 2. The van der Waals surface area contributed by atoms with E-state index in [4.69, 9.17) is 0 Å². The van der Waals surface area contributed by atoms with Gasteiger partial charge in [-0.05, 0) is 29.8 Å². The highest BCUT2D eigenvalue weighted by molar-refractivity contribution is 5.94. The fourth-order valence-corrected chi connectivity index (χ4v) is 1.88. The SMILES string of the molecule is CN(C)c1ccc(C(=O)NCc2ccnc(N(C)C)c2)cn1. The maximum atomic E-state index is 12.1. The van der Waals surface area contributed by atoms with E-state index in [-0.39, 0.29) is 5.91 Å². The first-order valence-electron chi connectivity index (χ1n) is 7.01. The van der Waals surface area contributed by atoms with Crippen molar-refractivity contribution in [3.05, 3.63) is 47.8 Å². The molecule has 0 saturated heterocycles. The zero-order chi connectivity index (χ0) is 16.1. The first kappa shape index (κ1) is 15.8. The maximum Gasteiger partial charge on any atom is 0.253 e. The number of rotatable bonds is 5. The molecule has 2 rings (SSSR count). The Morgan fingerprint density at radius 3 is 2.36 bits per heavy atom.